The average molecular weight is 355 g/mol. The Morgan fingerprint density at radius 3 is 2.28 bits per heavy atom. The quantitative estimate of drug-likeness (QED) is 0.764. The zero-order chi connectivity index (χ0) is 17.8. The van der Waals surface area contributed by atoms with E-state index in [4.69, 9.17) is 14.2 Å². The fourth-order valence-electron chi connectivity index (χ4n) is 2.49. The number of ether oxygens (including phenoxy) is 3. The van der Waals surface area contributed by atoms with Gasteiger partial charge in [-0.15, -0.1) is 0 Å². The Morgan fingerprint density at radius 1 is 0.920 bits per heavy atom. The SMILES string of the molecule is COc1ccc(/C=C2/SC(c3ccccc3)=NC2=O)c(OC)c1OC. The van der Waals surface area contributed by atoms with Crippen molar-refractivity contribution in [3.8, 4) is 17.2 Å². The number of nitrogens with zero attached hydrogens (tertiary/aromatic N) is 1. The third-order valence-corrected chi connectivity index (χ3v) is 4.70. The van der Waals surface area contributed by atoms with Crippen molar-refractivity contribution in [2.75, 3.05) is 21.3 Å². The fourth-order valence-corrected chi connectivity index (χ4v) is 3.40. The van der Waals surface area contributed by atoms with Gasteiger partial charge >= 0.3 is 0 Å². The van der Waals surface area contributed by atoms with Gasteiger partial charge < -0.3 is 14.2 Å². The first kappa shape index (κ1) is 17.1. The smallest absolute Gasteiger partial charge is 0.284 e. The summed E-state index contributed by atoms with van der Waals surface area (Å²) in [6, 6.07) is 13.2. The van der Waals surface area contributed by atoms with Gasteiger partial charge in [-0.2, -0.15) is 0 Å². The fraction of sp³-hybridized carbons (Fsp3) is 0.158. The first-order valence-corrected chi connectivity index (χ1v) is 8.36. The third-order valence-electron chi connectivity index (χ3n) is 3.66. The minimum atomic E-state index is -0.263. The van der Waals surface area contributed by atoms with E-state index in [1.54, 1.807) is 33.5 Å². The van der Waals surface area contributed by atoms with Crippen molar-refractivity contribution in [2.45, 2.75) is 0 Å². The molecule has 6 heteroatoms. The molecule has 0 aliphatic carbocycles. The average Bonchev–Trinajstić information content (AvgIpc) is 3.02. The van der Waals surface area contributed by atoms with Gasteiger partial charge in [0, 0.05) is 11.1 Å². The molecule has 0 spiro atoms. The summed E-state index contributed by atoms with van der Waals surface area (Å²) in [5.74, 6) is 1.30. The van der Waals surface area contributed by atoms with Crippen molar-refractivity contribution < 1.29 is 19.0 Å². The number of benzene rings is 2. The van der Waals surface area contributed by atoms with E-state index in [-0.39, 0.29) is 5.91 Å². The molecule has 0 radical (unpaired) electrons. The lowest BCUT2D eigenvalue weighted by atomic mass is 10.1. The lowest BCUT2D eigenvalue weighted by Crippen LogP contribution is -1.97. The molecule has 1 aliphatic heterocycles. The number of aliphatic imine (C=N–C) groups is 1. The number of methoxy groups -OCH3 is 3. The van der Waals surface area contributed by atoms with Crippen LogP contribution in [0.3, 0.4) is 0 Å². The molecule has 0 fully saturated rings. The minimum absolute atomic E-state index is 0.263. The highest BCUT2D eigenvalue weighted by Crippen LogP contribution is 2.42. The maximum atomic E-state index is 12.3. The summed E-state index contributed by atoms with van der Waals surface area (Å²) in [6.45, 7) is 0. The normalized spacial score (nSPS) is 15.2. The van der Waals surface area contributed by atoms with Gasteiger partial charge in [-0.3, -0.25) is 4.79 Å². The molecule has 1 aliphatic rings. The second kappa shape index (κ2) is 7.44. The van der Waals surface area contributed by atoms with Crippen LogP contribution in [0.2, 0.25) is 0 Å². The van der Waals surface area contributed by atoms with Gasteiger partial charge in [0.25, 0.3) is 5.91 Å². The Morgan fingerprint density at radius 2 is 1.64 bits per heavy atom. The number of thioether (sulfide) groups is 1. The maximum Gasteiger partial charge on any atom is 0.284 e. The number of hydrogen-bond donors (Lipinski definition) is 0. The maximum absolute atomic E-state index is 12.3. The molecule has 0 atom stereocenters. The lowest BCUT2D eigenvalue weighted by molar-refractivity contribution is -0.113. The van der Waals surface area contributed by atoms with Crippen molar-refractivity contribution in [3.05, 3.63) is 58.5 Å². The van der Waals surface area contributed by atoms with E-state index < -0.39 is 0 Å². The van der Waals surface area contributed by atoms with Gasteiger partial charge in [0.05, 0.1) is 26.2 Å². The summed E-state index contributed by atoms with van der Waals surface area (Å²) in [5, 5.41) is 0.691. The molecular formula is C19H17NO4S. The van der Waals surface area contributed by atoms with Gasteiger partial charge in [0.2, 0.25) is 5.75 Å². The molecule has 1 amide bonds. The van der Waals surface area contributed by atoms with Crippen molar-refractivity contribution in [1.82, 2.24) is 0 Å². The van der Waals surface area contributed by atoms with Crippen LogP contribution in [-0.4, -0.2) is 32.3 Å². The monoisotopic (exact) mass is 355 g/mol. The topological polar surface area (TPSA) is 57.1 Å². The number of carbonyl (C=O) groups is 1. The Hall–Kier alpha value is -2.73. The van der Waals surface area contributed by atoms with Crippen molar-refractivity contribution in [1.29, 1.82) is 0 Å². The molecule has 0 bridgehead atoms. The van der Waals surface area contributed by atoms with Crippen LogP contribution in [-0.2, 0) is 4.79 Å². The Balaban J connectivity index is 1.96. The van der Waals surface area contributed by atoms with E-state index in [0.29, 0.717) is 27.2 Å². The minimum Gasteiger partial charge on any atom is -0.493 e. The number of carbonyl (C=O) groups excluding carboxylic acids is 1. The molecule has 2 aromatic carbocycles. The van der Waals surface area contributed by atoms with Crippen LogP contribution in [0.4, 0.5) is 0 Å². The van der Waals surface area contributed by atoms with E-state index in [1.807, 2.05) is 36.4 Å². The van der Waals surface area contributed by atoms with Crippen LogP contribution in [0.5, 0.6) is 17.2 Å². The predicted octanol–water partition coefficient (Wildman–Crippen LogP) is 3.77. The van der Waals surface area contributed by atoms with Crippen molar-refractivity contribution in [3.63, 3.8) is 0 Å². The number of rotatable bonds is 5. The summed E-state index contributed by atoms with van der Waals surface area (Å²) in [7, 11) is 4.66. The van der Waals surface area contributed by atoms with Crippen LogP contribution in [0.1, 0.15) is 11.1 Å². The molecule has 2 aromatic rings. The molecule has 3 rings (SSSR count). The molecule has 25 heavy (non-hydrogen) atoms. The molecule has 0 saturated heterocycles. The highest BCUT2D eigenvalue weighted by atomic mass is 32.2. The van der Waals surface area contributed by atoms with Gasteiger partial charge in [-0.25, -0.2) is 4.99 Å². The Bertz CT molecular complexity index is 859. The van der Waals surface area contributed by atoms with Crippen LogP contribution in [0.25, 0.3) is 6.08 Å². The lowest BCUT2D eigenvalue weighted by Gasteiger charge is -2.14. The number of amides is 1. The van der Waals surface area contributed by atoms with Gasteiger partial charge in [0.15, 0.2) is 11.5 Å². The molecule has 0 aromatic heterocycles. The zero-order valence-electron chi connectivity index (χ0n) is 14.1. The Kier molecular flexibility index (Phi) is 5.09. The van der Waals surface area contributed by atoms with E-state index in [0.717, 1.165) is 11.1 Å². The summed E-state index contributed by atoms with van der Waals surface area (Å²) >= 11 is 1.34. The summed E-state index contributed by atoms with van der Waals surface area (Å²) in [5.41, 5.74) is 1.64. The molecule has 0 unspecified atom stereocenters. The zero-order valence-corrected chi connectivity index (χ0v) is 14.9. The first-order chi connectivity index (χ1) is 12.2. The van der Waals surface area contributed by atoms with Gasteiger partial charge in [-0.1, -0.05) is 42.1 Å². The predicted molar refractivity (Wildman–Crippen MR) is 99.7 cm³/mol. The second-order valence-electron chi connectivity index (χ2n) is 5.12. The van der Waals surface area contributed by atoms with Gasteiger partial charge in [-0.05, 0) is 18.2 Å². The molecule has 128 valence electrons. The summed E-state index contributed by atoms with van der Waals surface area (Å²) < 4.78 is 16.1. The highest BCUT2D eigenvalue weighted by molar-refractivity contribution is 8.19. The van der Waals surface area contributed by atoms with Crippen LogP contribution in [0.15, 0.2) is 52.4 Å². The number of hydrogen-bond acceptors (Lipinski definition) is 5. The van der Waals surface area contributed by atoms with Crippen LogP contribution >= 0.6 is 11.8 Å². The summed E-state index contributed by atoms with van der Waals surface area (Å²) in [6.07, 6.45) is 1.76. The van der Waals surface area contributed by atoms with Crippen LogP contribution < -0.4 is 14.2 Å². The Labute approximate surface area is 150 Å². The van der Waals surface area contributed by atoms with E-state index in [2.05, 4.69) is 4.99 Å². The van der Waals surface area contributed by atoms with E-state index >= 15 is 0 Å². The first-order valence-electron chi connectivity index (χ1n) is 7.55. The van der Waals surface area contributed by atoms with Crippen molar-refractivity contribution in [2.24, 2.45) is 4.99 Å². The highest BCUT2D eigenvalue weighted by Gasteiger charge is 2.24. The molecular weight excluding hydrogens is 338 g/mol. The molecule has 1 heterocycles. The third kappa shape index (κ3) is 3.39. The summed E-state index contributed by atoms with van der Waals surface area (Å²) in [4.78, 5) is 16.9. The van der Waals surface area contributed by atoms with E-state index in [1.165, 1.54) is 11.8 Å². The molecule has 0 saturated carbocycles. The molecule has 0 N–H and O–H groups in total. The van der Waals surface area contributed by atoms with Gasteiger partial charge in [0.1, 0.15) is 5.04 Å². The largest absolute Gasteiger partial charge is 0.493 e. The molecule has 5 nitrogen and oxygen atoms in total. The standard InChI is InChI=1S/C19H17NO4S/c1-22-14-10-9-13(16(23-2)17(14)24-3)11-15-18(21)20-19(25-15)12-7-5-4-6-8-12/h4-11H,1-3H3/b15-11+. The van der Waals surface area contributed by atoms with Crippen molar-refractivity contribution >= 4 is 28.8 Å². The van der Waals surface area contributed by atoms with E-state index in [9.17, 15) is 4.79 Å². The van der Waals surface area contributed by atoms with Crippen LogP contribution in [0, 0.1) is 0 Å². The second-order valence-corrected chi connectivity index (χ2v) is 6.15.